The molecule has 3 N–H and O–H groups in total. The number of urea groups is 1. The van der Waals surface area contributed by atoms with E-state index in [1.165, 1.54) is 19.3 Å². The first-order valence-corrected chi connectivity index (χ1v) is 8.93. The lowest BCUT2D eigenvalue weighted by atomic mass is 9.79. The number of piperidine rings is 1. The smallest absolute Gasteiger partial charge is 0.314 e. The molecule has 1 atom stereocenters. The van der Waals surface area contributed by atoms with Crippen LogP contribution >= 0.6 is 0 Å². The van der Waals surface area contributed by atoms with Crippen LogP contribution in [-0.4, -0.2) is 54.9 Å². The Labute approximate surface area is 135 Å². The van der Waals surface area contributed by atoms with Crippen molar-refractivity contribution in [1.29, 1.82) is 0 Å². The second-order valence-corrected chi connectivity index (χ2v) is 6.67. The normalized spacial score (nSPS) is 19.9. The standard InChI is InChI=1S/C17H35N3O2/c1-4-17(5-2,9-13-21)14-19-16(22)18-10-12-20-11-7-6-8-15(20)3/h15,21H,4-14H2,1-3H3,(H2,18,19,22). The highest BCUT2D eigenvalue weighted by Gasteiger charge is 2.26. The fraction of sp³-hybridized carbons (Fsp3) is 0.941. The maximum atomic E-state index is 11.9. The number of rotatable bonds is 9. The van der Waals surface area contributed by atoms with Crippen LogP contribution in [0.15, 0.2) is 0 Å². The molecular weight excluding hydrogens is 278 g/mol. The quantitative estimate of drug-likeness (QED) is 0.612. The Morgan fingerprint density at radius 1 is 1.27 bits per heavy atom. The van der Waals surface area contributed by atoms with Crippen LogP contribution in [-0.2, 0) is 0 Å². The number of aliphatic hydroxyl groups excluding tert-OH is 1. The number of likely N-dealkylation sites (tertiary alicyclic amines) is 1. The minimum Gasteiger partial charge on any atom is -0.396 e. The summed E-state index contributed by atoms with van der Waals surface area (Å²) >= 11 is 0. The molecule has 1 aliphatic heterocycles. The van der Waals surface area contributed by atoms with Crippen LogP contribution in [0.4, 0.5) is 4.79 Å². The zero-order valence-corrected chi connectivity index (χ0v) is 14.7. The average molecular weight is 313 g/mol. The predicted molar refractivity (Wildman–Crippen MR) is 91.0 cm³/mol. The Hall–Kier alpha value is -0.810. The maximum Gasteiger partial charge on any atom is 0.314 e. The van der Waals surface area contributed by atoms with Crippen molar-refractivity contribution in [2.75, 3.05) is 32.8 Å². The molecule has 0 radical (unpaired) electrons. The van der Waals surface area contributed by atoms with Gasteiger partial charge in [0, 0.05) is 32.3 Å². The number of nitrogens with zero attached hydrogens (tertiary/aromatic N) is 1. The van der Waals surface area contributed by atoms with Gasteiger partial charge in [0.05, 0.1) is 0 Å². The van der Waals surface area contributed by atoms with E-state index in [4.69, 9.17) is 0 Å². The van der Waals surface area contributed by atoms with Gasteiger partial charge in [-0.15, -0.1) is 0 Å². The topological polar surface area (TPSA) is 64.6 Å². The third kappa shape index (κ3) is 6.13. The van der Waals surface area contributed by atoms with Gasteiger partial charge in [0.2, 0.25) is 0 Å². The SMILES string of the molecule is CCC(CC)(CCO)CNC(=O)NCCN1CCCCC1C. The molecule has 0 saturated carbocycles. The third-order valence-electron chi connectivity index (χ3n) is 5.39. The second-order valence-electron chi connectivity index (χ2n) is 6.67. The van der Waals surface area contributed by atoms with Gasteiger partial charge in [0.25, 0.3) is 0 Å². The fourth-order valence-corrected chi connectivity index (χ4v) is 3.31. The van der Waals surface area contributed by atoms with Crippen LogP contribution < -0.4 is 10.6 Å². The Morgan fingerprint density at radius 2 is 2.00 bits per heavy atom. The summed E-state index contributed by atoms with van der Waals surface area (Å²) in [5.41, 5.74) is 0.0213. The predicted octanol–water partition coefficient (Wildman–Crippen LogP) is 2.35. The lowest BCUT2D eigenvalue weighted by molar-refractivity contribution is 0.157. The van der Waals surface area contributed by atoms with Crippen LogP contribution in [0, 0.1) is 5.41 Å². The molecule has 0 aromatic heterocycles. The summed E-state index contributed by atoms with van der Waals surface area (Å²) in [4.78, 5) is 14.4. The average Bonchev–Trinajstić information content (AvgIpc) is 2.53. The van der Waals surface area contributed by atoms with Crippen LogP contribution in [0.5, 0.6) is 0 Å². The summed E-state index contributed by atoms with van der Waals surface area (Å²) < 4.78 is 0. The van der Waals surface area contributed by atoms with E-state index in [0.29, 0.717) is 19.1 Å². The molecule has 1 aliphatic rings. The monoisotopic (exact) mass is 313 g/mol. The Balaban J connectivity index is 2.25. The summed E-state index contributed by atoms with van der Waals surface area (Å²) in [6.45, 7) is 10.1. The van der Waals surface area contributed by atoms with E-state index in [1.54, 1.807) is 0 Å². The Bertz CT molecular complexity index is 319. The van der Waals surface area contributed by atoms with E-state index >= 15 is 0 Å². The van der Waals surface area contributed by atoms with Crippen molar-refractivity contribution in [3.05, 3.63) is 0 Å². The van der Waals surface area contributed by atoms with Crippen molar-refractivity contribution in [2.24, 2.45) is 5.41 Å². The van der Waals surface area contributed by atoms with Gasteiger partial charge >= 0.3 is 6.03 Å². The zero-order chi connectivity index (χ0) is 16.4. The summed E-state index contributed by atoms with van der Waals surface area (Å²) in [5.74, 6) is 0. The number of hydrogen-bond acceptors (Lipinski definition) is 3. The van der Waals surface area contributed by atoms with Crippen molar-refractivity contribution in [3.8, 4) is 0 Å². The van der Waals surface area contributed by atoms with Gasteiger partial charge in [0.1, 0.15) is 0 Å². The summed E-state index contributed by atoms with van der Waals surface area (Å²) in [7, 11) is 0. The van der Waals surface area contributed by atoms with Gasteiger partial charge in [-0.05, 0) is 51.0 Å². The summed E-state index contributed by atoms with van der Waals surface area (Å²) in [6.07, 6.45) is 6.54. The van der Waals surface area contributed by atoms with Crippen molar-refractivity contribution >= 4 is 6.03 Å². The van der Waals surface area contributed by atoms with Gasteiger partial charge in [0.15, 0.2) is 0 Å². The first-order chi connectivity index (χ1) is 10.6. The molecule has 1 heterocycles. The molecule has 1 fully saturated rings. The van der Waals surface area contributed by atoms with Crippen LogP contribution in [0.25, 0.3) is 0 Å². The molecule has 1 saturated heterocycles. The Kier molecular flexibility index (Phi) is 8.79. The maximum absolute atomic E-state index is 11.9. The van der Waals surface area contributed by atoms with Crippen molar-refractivity contribution < 1.29 is 9.90 Å². The third-order valence-corrected chi connectivity index (χ3v) is 5.39. The van der Waals surface area contributed by atoms with E-state index in [2.05, 4.69) is 36.3 Å². The van der Waals surface area contributed by atoms with E-state index in [9.17, 15) is 9.90 Å². The number of nitrogens with one attached hydrogen (secondary N) is 2. The molecule has 0 aromatic rings. The summed E-state index contributed by atoms with van der Waals surface area (Å²) in [6, 6.07) is 0.546. The molecule has 1 unspecified atom stereocenters. The van der Waals surface area contributed by atoms with E-state index in [0.717, 1.165) is 32.4 Å². The number of carbonyl (C=O) groups is 1. The number of carbonyl (C=O) groups excluding carboxylic acids is 1. The highest BCUT2D eigenvalue weighted by molar-refractivity contribution is 5.73. The minimum absolute atomic E-state index is 0.0213. The van der Waals surface area contributed by atoms with Crippen molar-refractivity contribution in [3.63, 3.8) is 0 Å². The molecule has 5 nitrogen and oxygen atoms in total. The van der Waals surface area contributed by atoms with Gasteiger partial charge in [-0.3, -0.25) is 4.90 Å². The Morgan fingerprint density at radius 3 is 2.59 bits per heavy atom. The minimum atomic E-state index is -0.0890. The van der Waals surface area contributed by atoms with E-state index in [1.807, 2.05) is 0 Å². The fourth-order valence-electron chi connectivity index (χ4n) is 3.31. The van der Waals surface area contributed by atoms with Gasteiger partial charge in [-0.25, -0.2) is 4.79 Å². The molecule has 0 bridgehead atoms. The molecule has 0 aliphatic carbocycles. The molecule has 1 rings (SSSR count). The number of aliphatic hydroxyl groups is 1. The van der Waals surface area contributed by atoms with Crippen LogP contribution in [0.3, 0.4) is 0 Å². The first kappa shape index (κ1) is 19.2. The van der Waals surface area contributed by atoms with Gasteiger partial charge in [-0.1, -0.05) is 20.3 Å². The van der Waals surface area contributed by atoms with Crippen molar-refractivity contribution in [2.45, 2.75) is 65.3 Å². The number of hydrogen-bond donors (Lipinski definition) is 3. The van der Waals surface area contributed by atoms with Crippen molar-refractivity contribution in [1.82, 2.24) is 15.5 Å². The molecule has 2 amide bonds. The highest BCUT2D eigenvalue weighted by atomic mass is 16.3. The van der Waals surface area contributed by atoms with Crippen LogP contribution in [0.1, 0.15) is 59.3 Å². The largest absolute Gasteiger partial charge is 0.396 e. The molecular formula is C17H35N3O2. The molecule has 130 valence electrons. The first-order valence-electron chi connectivity index (χ1n) is 8.93. The molecule has 5 heteroatoms. The molecule has 0 spiro atoms. The summed E-state index contributed by atoms with van der Waals surface area (Å²) in [5, 5.41) is 15.1. The lowest BCUT2D eigenvalue weighted by Crippen LogP contribution is -2.46. The lowest BCUT2D eigenvalue weighted by Gasteiger charge is -2.33. The van der Waals surface area contributed by atoms with Gasteiger partial charge < -0.3 is 15.7 Å². The number of amides is 2. The van der Waals surface area contributed by atoms with Gasteiger partial charge in [-0.2, -0.15) is 0 Å². The second kappa shape index (κ2) is 10.1. The molecule has 0 aromatic carbocycles. The van der Waals surface area contributed by atoms with E-state index in [-0.39, 0.29) is 18.1 Å². The zero-order valence-electron chi connectivity index (χ0n) is 14.7. The van der Waals surface area contributed by atoms with Crippen LogP contribution in [0.2, 0.25) is 0 Å². The highest BCUT2D eigenvalue weighted by Crippen LogP contribution is 2.29. The molecule has 22 heavy (non-hydrogen) atoms. The van der Waals surface area contributed by atoms with E-state index < -0.39 is 0 Å².